The number of hydrogen-bond donors (Lipinski definition) is 0. The van der Waals surface area contributed by atoms with E-state index in [2.05, 4.69) is 48.8 Å². The number of likely N-dealkylation sites (N-methyl/N-ethyl adjacent to an activating group) is 1. The molecule has 0 aliphatic carbocycles. The van der Waals surface area contributed by atoms with E-state index in [-0.39, 0.29) is 11.9 Å². The second-order valence-corrected chi connectivity index (χ2v) is 9.14. The van der Waals surface area contributed by atoms with E-state index in [9.17, 15) is 4.79 Å². The summed E-state index contributed by atoms with van der Waals surface area (Å²) in [4.78, 5) is 18.3. The molecule has 2 aromatic rings. The number of rotatable bonds is 7. The van der Waals surface area contributed by atoms with E-state index in [1.807, 2.05) is 18.2 Å². The molecular formula is C27H36N4O3. The van der Waals surface area contributed by atoms with Gasteiger partial charge in [-0.1, -0.05) is 24.6 Å². The van der Waals surface area contributed by atoms with Gasteiger partial charge in [-0.05, 0) is 44.2 Å². The van der Waals surface area contributed by atoms with Gasteiger partial charge in [0.1, 0.15) is 11.5 Å². The number of carbonyl (C=O) groups excluding carboxylic acids is 1. The maximum atomic E-state index is 13.6. The van der Waals surface area contributed by atoms with Crippen molar-refractivity contribution < 1.29 is 14.3 Å². The van der Waals surface area contributed by atoms with Crippen LogP contribution >= 0.6 is 0 Å². The number of benzene rings is 2. The first-order valence-electron chi connectivity index (χ1n) is 12.1. The lowest BCUT2D eigenvalue weighted by molar-refractivity contribution is -0.134. The largest absolute Gasteiger partial charge is 0.497 e. The van der Waals surface area contributed by atoms with Crippen LogP contribution in [0.2, 0.25) is 0 Å². The van der Waals surface area contributed by atoms with Gasteiger partial charge in [-0.2, -0.15) is 5.10 Å². The van der Waals surface area contributed by atoms with Gasteiger partial charge in [0.2, 0.25) is 0 Å². The van der Waals surface area contributed by atoms with Crippen LogP contribution in [0, 0.1) is 13.8 Å². The Bertz CT molecular complexity index is 1060. The lowest BCUT2D eigenvalue weighted by atomic mass is 9.94. The Morgan fingerprint density at radius 3 is 2.41 bits per heavy atom. The first-order chi connectivity index (χ1) is 16.4. The normalized spacial score (nSPS) is 19.3. The van der Waals surface area contributed by atoms with Gasteiger partial charge in [-0.15, -0.1) is 0 Å². The summed E-state index contributed by atoms with van der Waals surface area (Å²) < 4.78 is 11.1. The fraction of sp³-hybridized carbons (Fsp3) is 0.481. The molecule has 0 saturated carbocycles. The molecule has 4 rings (SSSR count). The highest BCUT2D eigenvalue weighted by Gasteiger charge is 2.36. The van der Waals surface area contributed by atoms with Crippen LogP contribution in [0.15, 0.2) is 41.5 Å². The molecule has 1 atom stereocenters. The van der Waals surface area contributed by atoms with Gasteiger partial charge >= 0.3 is 0 Å². The lowest BCUT2D eigenvalue weighted by Crippen LogP contribution is -2.49. The molecule has 0 radical (unpaired) electrons. The molecule has 1 fully saturated rings. The van der Waals surface area contributed by atoms with E-state index in [1.165, 1.54) is 5.56 Å². The Kier molecular flexibility index (Phi) is 7.54. The Morgan fingerprint density at radius 2 is 1.74 bits per heavy atom. The van der Waals surface area contributed by atoms with E-state index in [4.69, 9.17) is 14.6 Å². The molecule has 1 amide bonds. The fourth-order valence-electron chi connectivity index (χ4n) is 4.81. The molecule has 1 unspecified atom stereocenters. The zero-order valence-electron chi connectivity index (χ0n) is 21.0. The molecule has 0 N–H and O–H groups in total. The molecule has 0 spiro atoms. The molecule has 2 heterocycles. The Labute approximate surface area is 202 Å². The highest BCUT2D eigenvalue weighted by molar-refractivity contribution is 6.04. The van der Waals surface area contributed by atoms with Crippen molar-refractivity contribution in [3.63, 3.8) is 0 Å². The van der Waals surface area contributed by atoms with Crippen molar-refractivity contribution in [2.45, 2.75) is 33.2 Å². The van der Waals surface area contributed by atoms with E-state index in [0.717, 1.165) is 60.9 Å². The zero-order chi connectivity index (χ0) is 24.2. The molecule has 182 valence electrons. The van der Waals surface area contributed by atoms with Crippen molar-refractivity contribution >= 4 is 11.6 Å². The number of ether oxygens (including phenoxy) is 2. The summed E-state index contributed by atoms with van der Waals surface area (Å²) in [5.41, 5.74) is 5.32. The highest BCUT2D eigenvalue weighted by Crippen LogP contribution is 2.39. The van der Waals surface area contributed by atoms with Crippen LogP contribution in [0.5, 0.6) is 11.5 Å². The molecule has 2 aliphatic heterocycles. The van der Waals surface area contributed by atoms with Gasteiger partial charge in [0.25, 0.3) is 5.91 Å². The average molecular weight is 465 g/mol. The summed E-state index contributed by atoms with van der Waals surface area (Å²) in [6.45, 7) is 11.6. The first kappa shape index (κ1) is 24.2. The third-order valence-electron chi connectivity index (χ3n) is 6.94. The number of hydrazone groups is 1. The van der Waals surface area contributed by atoms with Crippen molar-refractivity contribution in [2.75, 3.05) is 53.5 Å². The summed E-state index contributed by atoms with van der Waals surface area (Å²) in [6.07, 6.45) is 0.641. The highest BCUT2D eigenvalue weighted by atomic mass is 16.5. The maximum absolute atomic E-state index is 13.6. The van der Waals surface area contributed by atoms with Crippen molar-refractivity contribution in [1.82, 2.24) is 14.8 Å². The summed E-state index contributed by atoms with van der Waals surface area (Å²) in [7, 11) is 3.29. The number of nitrogens with zero attached hydrogens (tertiary/aromatic N) is 4. The van der Waals surface area contributed by atoms with Gasteiger partial charge in [-0.25, -0.2) is 5.01 Å². The Balaban J connectivity index is 1.64. The second-order valence-electron chi connectivity index (χ2n) is 9.14. The number of aryl methyl sites for hydroxylation is 2. The van der Waals surface area contributed by atoms with Crippen LogP contribution < -0.4 is 9.47 Å². The van der Waals surface area contributed by atoms with E-state index >= 15 is 0 Å². The number of amides is 1. The molecule has 34 heavy (non-hydrogen) atoms. The smallest absolute Gasteiger partial charge is 0.257 e. The van der Waals surface area contributed by atoms with Gasteiger partial charge in [0, 0.05) is 49.8 Å². The monoisotopic (exact) mass is 464 g/mol. The number of hydrogen-bond acceptors (Lipinski definition) is 6. The van der Waals surface area contributed by atoms with Crippen molar-refractivity contribution in [3.8, 4) is 11.5 Å². The van der Waals surface area contributed by atoms with Gasteiger partial charge in [-0.3, -0.25) is 9.69 Å². The summed E-state index contributed by atoms with van der Waals surface area (Å²) in [6, 6.07) is 11.9. The van der Waals surface area contributed by atoms with Crippen LogP contribution in [-0.2, 0) is 4.79 Å². The molecule has 2 aromatic carbocycles. The van der Waals surface area contributed by atoms with Crippen LogP contribution in [0.1, 0.15) is 41.6 Å². The molecule has 7 nitrogen and oxygen atoms in total. The Hall–Kier alpha value is -2.90. The maximum Gasteiger partial charge on any atom is 0.257 e. The van der Waals surface area contributed by atoms with E-state index < -0.39 is 0 Å². The molecule has 7 heteroatoms. The van der Waals surface area contributed by atoms with Crippen molar-refractivity contribution in [2.24, 2.45) is 5.10 Å². The zero-order valence-corrected chi connectivity index (χ0v) is 21.0. The predicted octanol–water partition coefficient (Wildman–Crippen LogP) is 3.64. The number of piperazine rings is 1. The topological polar surface area (TPSA) is 57.6 Å². The van der Waals surface area contributed by atoms with Crippen LogP contribution in [0.25, 0.3) is 0 Å². The molecule has 0 bridgehead atoms. The number of methoxy groups -OCH3 is 2. The standard InChI is InChI=1S/C27H36N4O3/c1-6-29-11-13-30(14-12-29)18-27(32)31-25(22-10-9-21(33-4)16-26(22)34-5)17-24(28-31)23-15-19(2)7-8-20(23)3/h7-10,15-16,25H,6,11-14,17-18H2,1-5H3. The Morgan fingerprint density at radius 1 is 1.00 bits per heavy atom. The van der Waals surface area contributed by atoms with Gasteiger partial charge in [0.05, 0.1) is 32.5 Å². The lowest BCUT2D eigenvalue weighted by Gasteiger charge is -2.34. The minimum absolute atomic E-state index is 0.0214. The molecular weight excluding hydrogens is 428 g/mol. The third-order valence-corrected chi connectivity index (χ3v) is 6.94. The third kappa shape index (κ3) is 5.10. The minimum atomic E-state index is -0.222. The van der Waals surface area contributed by atoms with Gasteiger partial charge in [0.15, 0.2) is 0 Å². The van der Waals surface area contributed by atoms with Gasteiger partial charge < -0.3 is 14.4 Å². The number of carbonyl (C=O) groups is 1. The average Bonchev–Trinajstić information content (AvgIpc) is 3.30. The van der Waals surface area contributed by atoms with E-state index in [1.54, 1.807) is 19.2 Å². The summed E-state index contributed by atoms with van der Waals surface area (Å²) in [5.74, 6) is 1.45. The second kappa shape index (κ2) is 10.6. The minimum Gasteiger partial charge on any atom is -0.497 e. The van der Waals surface area contributed by atoms with Crippen molar-refractivity contribution in [3.05, 3.63) is 58.7 Å². The quantitative estimate of drug-likeness (QED) is 0.626. The SMILES string of the molecule is CCN1CCN(CC(=O)N2N=C(c3cc(C)ccc3C)CC2c2ccc(OC)cc2OC)CC1. The van der Waals surface area contributed by atoms with E-state index in [0.29, 0.717) is 18.7 Å². The van der Waals surface area contributed by atoms with Crippen LogP contribution in [0.3, 0.4) is 0 Å². The molecule has 0 aromatic heterocycles. The van der Waals surface area contributed by atoms with Crippen LogP contribution in [-0.4, -0.2) is 79.9 Å². The van der Waals surface area contributed by atoms with Crippen LogP contribution in [0.4, 0.5) is 0 Å². The summed E-state index contributed by atoms with van der Waals surface area (Å²) >= 11 is 0. The first-order valence-corrected chi connectivity index (χ1v) is 12.1. The predicted molar refractivity (Wildman–Crippen MR) is 135 cm³/mol. The molecule has 1 saturated heterocycles. The van der Waals surface area contributed by atoms with Crippen molar-refractivity contribution in [1.29, 1.82) is 0 Å². The summed E-state index contributed by atoms with van der Waals surface area (Å²) in [5, 5.41) is 6.60. The molecule has 2 aliphatic rings. The fourth-order valence-corrected chi connectivity index (χ4v) is 4.81.